The molecular formula is C20H35NO9. The second kappa shape index (κ2) is 16.0. The van der Waals surface area contributed by atoms with Crippen molar-refractivity contribution in [2.24, 2.45) is 5.92 Å². The summed E-state index contributed by atoms with van der Waals surface area (Å²) in [7, 11) is 1.39. The molecule has 0 spiro atoms. The number of rotatable bonds is 16. The van der Waals surface area contributed by atoms with Crippen LogP contribution in [0.25, 0.3) is 0 Å². The van der Waals surface area contributed by atoms with Gasteiger partial charge >= 0.3 is 11.9 Å². The topological polar surface area (TPSA) is 121 Å². The van der Waals surface area contributed by atoms with Gasteiger partial charge in [-0.25, -0.2) is 0 Å². The van der Waals surface area contributed by atoms with Crippen LogP contribution in [0.15, 0.2) is 0 Å². The van der Waals surface area contributed by atoms with Gasteiger partial charge in [0.1, 0.15) is 0 Å². The molecule has 30 heavy (non-hydrogen) atoms. The van der Waals surface area contributed by atoms with Crippen molar-refractivity contribution < 1.29 is 43.2 Å². The summed E-state index contributed by atoms with van der Waals surface area (Å²) >= 11 is 0. The Balaban J connectivity index is 1.93. The summed E-state index contributed by atoms with van der Waals surface area (Å²) in [6.07, 6.45) is 1.55. The molecule has 0 aromatic carbocycles. The fraction of sp³-hybridized carbons (Fsp3) is 0.850. The number of amides is 1. The standard InChI is InChI=1S/C20H35NO9/c1-16-15-17(20(25)26-2)3-6-21(16)18(22)4-7-27-9-11-29-13-14-30-12-10-28-8-5-19(23)24/h16-17H,3-15H2,1-2H3,(H,23,24). The average Bonchev–Trinajstić information content (AvgIpc) is 2.72. The maximum atomic E-state index is 12.3. The van der Waals surface area contributed by atoms with Gasteiger partial charge in [0.05, 0.1) is 78.7 Å². The maximum Gasteiger partial charge on any atom is 0.308 e. The monoisotopic (exact) mass is 433 g/mol. The molecule has 1 aliphatic heterocycles. The van der Waals surface area contributed by atoms with Crippen LogP contribution in [0.3, 0.4) is 0 Å². The van der Waals surface area contributed by atoms with E-state index in [0.29, 0.717) is 72.1 Å². The number of ether oxygens (including phenoxy) is 5. The first kappa shape index (κ1) is 26.3. The van der Waals surface area contributed by atoms with Gasteiger partial charge in [0.15, 0.2) is 0 Å². The number of nitrogens with zero attached hydrogens (tertiary/aromatic N) is 1. The SMILES string of the molecule is COC(=O)C1CCN(C(=O)CCOCCOCCOCCOCCC(=O)O)C(C)C1. The fourth-order valence-corrected chi connectivity index (χ4v) is 3.15. The molecule has 0 saturated carbocycles. The van der Waals surface area contributed by atoms with Gasteiger partial charge in [-0.15, -0.1) is 0 Å². The van der Waals surface area contributed by atoms with Crippen LogP contribution in [0.1, 0.15) is 32.6 Å². The Kier molecular flexibility index (Phi) is 14.0. The van der Waals surface area contributed by atoms with Crippen LogP contribution in [-0.4, -0.2) is 100 Å². The van der Waals surface area contributed by atoms with Crippen molar-refractivity contribution in [3.63, 3.8) is 0 Å². The molecule has 2 unspecified atom stereocenters. The van der Waals surface area contributed by atoms with E-state index in [1.54, 1.807) is 0 Å². The van der Waals surface area contributed by atoms with E-state index in [0.717, 1.165) is 0 Å². The summed E-state index contributed by atoms with van der Waals surface area (Å²) in [5.41, 5.74) is 0. The lowest BCUT2D eigenvalue weighted by atomic mass is 9.91. The summed E-state index contributed by atoms with van der Waals surface area (Å²) in [6, 6.07) is 0.0150. The number of methoxy groups -OCH3 is 1. The van der Waals surface area contributed by atoms with E-state index in [1.165, 1.54) is 7.11 Å². The number of esters is 1. The number of hydrogen-bond acceptors (Lipinski definition) is 8. The highest BCUT2D eigenvalue weighted by atomic mass is 16.6. The van der Waals surface area contributed by atoms with Crippen LogP contribution in [0.2, 0.25) is 0 Å². The molecule has 1 rings (SSSR count). The van der Waals surface area contributed by atoms with Crippen LogP contribution in [0, 0.1) is 5.92 Å². The number of carboxylic acids is 1. The third kappa shape index (κ3) is 11.4. The summed E-state index contributed by atoms with van der Waals surface area (Å²) < 4.78 is 26.0. The lowest BCUT2D eigenvalue weighted by molar-refractivity contribution is -0.150. The zero-order chi connectivity index (χ0) is 22.2. The summed E-state index contributed by atoms with van der Waals surface area (Å²) in [5, 5.41) is 8.45. The third-order valence-electron chi connectivity index (χ3n) is 4.77. The molecule has 10 heteroatoms. The van der Waals surface area contributed by atoms with E-state index < -0.39 is 5.97 Å². The third-order valence-corrected chi connectivity index (χ3v) is 4.77. The average molecular weight is 433 g/mol. The van der Waals surface area contributed by atoms with Crippen molar-refractivity contribution in [1.82, 2.24) is 4.90 Å². The lowest BCUT2D eigenvalue weighted by Gasteiger charge is -2.36. The Labute approximate surface area is 177 Å². The molecule has 0 bridgehead atoms. The van der Waals surface area contributed by atoms with Crippen molar-refractivity contribution in [2.45, 2.75) is 38.6 Å². The molecule has 10 nitrogen and oxygen atoms in total. The first-order valence-corrected chi connectivity index (χ1v) is 10.4. The van der Waals surface area contributed by atoms with Gasteiger partial charge in [0.25, 0.3) is 0 Å². The van der Waals surface area contributed by atoms with E-state index in [9.17, 15) is 14.4 Å². The zero-order valence-corrected chi connectivity index (χ0v) is 18.0. The number of carbonyl (C=O) groups is 3. The van der Waals surface area contributed by atoms with E-state index in [1.807, 2.05) is 11.8 Å². The molecule has 0 aromatic heterocycles. The number of carbonyl (C=O) groups excluding carboxylic acids is 2. The minimum absolute atomic E-state index is 0.0123. The van der Waals surface area contributed by atoms with E-state index in [4.69, 9.17) is 28.8 Å². The summed E-state index contributed by atoms with van der Waals surface area (Å²) in [6.45, 7) is 5.40. The van der Waals surface area contributed by atoms with Gasteiger partial charge in [0, 0.05) is 12.6 Å². The number of piperidine rings is 1. The first-order valence-electron chi connectivity index (χ1n) is 10.4. The van der Waals surface area contributed by atoms with Crippen molar-refractivity contribution in [3.8, 4) is 0 Å². The van der Waals surface area contributed by atoms with Crippen molar-refractivity contribution in [1.29, 1.82) is 0 Å². The number of aliphatic carboxylic acids is 1. The normalized spacial score (nSPS) is 18.9. The Morgan fingerprint density at radius 2 is 1.37 bits per heavy atom. The summed E-state index contributed by atoms with van der Waals surface area (Å²) in [4.78, 5) is 36.1. The lowest BCUT2D eigenvalue weighted by Crippen LogP contribution is -2.46. The first-order chi connectivity index (χ1) is 14.5. The molecule has 0 aromatic rings. The predicted molar refractivity (Wildman–Crippen MR) is 106 cm³/mol. The molecule has 174 valence electrons. The predicted octanol–water partition coefficient (Wildman–Crippen LogP) is 0.718. The largest absolute Gasteiger partial charge is 0.481 e. The Morgan fingerprint density at radius 3 is 1.83 bits per heavy atom. The van der Waals surface area contributed by atoms with Crippen LogP contribution in [0.4, 0.5) is 0 Å². The van der Waals surface area contributed by atoms with Gasteiger partial charge in [-0.3, -0.25) is 14.4 Å². The minimum Gasteiger partial charge on any atom is -0.481 e. The van der Waals surface area contributed by atoms with Gasteiger partial charge in [0.2, 0.25) is 5.91 Å². The quantitative estimate of drug-likeness (QED) is 0.277. The van der Waals surface area contributed by atoms with Crippen molar-refractivity contribution >= 4 is 17.8 Å². The Morgan fingerprint density at radius 1 is 0.867 bits per heavy atom. The number of carboxylic acid groups (broad SMARTS) is 1. The minimum atomic E-state index is -0.884. The number of hydrogen-bond donors (Lipinski definition) is 1. The highest BCUT2D eigenvalue weighted by Crippen LogP contribution is 2.24. The van der Waals surface area contributed by atoms with Crippen LogP contribution in [-0.2, 0) is 38.1 Å². The fourth-order valence-electron chi connectivity index (χ4n) is 3.15. The van der Waals surface area contributed by atoms with Crippen molar-refractivity contribution in [2.75, 3.05) is 66.5 Å². The van der Waals surface area contributed by atoms with Gasteiger partial charge in [-0.1, -0.05) is 0 Å². The van der Waals surface area contributed by atoms with E-state index in [2.05, 4.69) is 0 Å². The second-order valence-electron chi connectivity index (χ2n) is 7.02. The number of likely N-dealkylation sites (tertiary alicyclic amines) is 1. The van der Waals surface area contributed by atoms with Crippen molar-refractivity contribution in [3.05, 3.63) is 0 Å². The molecule has 2 atom stereocenters. The highest BCUT2D eigenvalue weighted by Gasteiger charge is 2.32. The van der Waals surface area contributed by atoms with E-state index in [-0.39, 0.29) is 36.9 Å². The van der Waals surface area contributed by atoms with E-state index >= 15 is 0 Å². The maximum absolute atomic E-state index is 12.3. The molecule has 0 aliphatic carbocycles. The molecule has 0 radical (unpaired) electrons. The molecule has 1 N–H and O–H groups in total. The van der Waals surface area contributed by atoms with Gasteiger partial charge in [-0.2, -0.15) is 0 Å². The van der Waals surface area contributed by atoms with Gasteiger partial charge in [-0.05, 0) is 19.8 Å². The Bertz CT molecular complexity index is 515. The smallest absolute Gasteiger partial charge is 0.308 e. The highest BCUT2D eigenvalue weighted by molar-refractivity contribution is 5.77. The van der Waals surface area contributed by atoms with Crippen LogP contribution in [0.5, 0.6) is 0 Å². The van der Waals surface area contributed by atoms with Gasteiger partial charge < -0.3 is 33.7 Å². The molecule has 1 heterocycles. The molecular weight excluding hydrogens is 398 g/mol. The molecule has 1 saturated heterocycles. The second-order valence-corrected chi connectivity index (χ2v) is 7.02. The molecule has 1 fully saturated rings. The summed E-state index contributed by atoms with van der Waals surface area (Å²) in [5.74, 6) is -1.18. The molecule has 1 amide bonds. The van der Waals surface area contributed by atoms with Crippen LogP contribution < -0.4 is 0 Å². The zero-order valence-electron chi connectivity index (χ0n) is 18.0. The Hall–Kier alpha value is -1.75. The van der Waals surface area contributed by atoms with Crippen LogP contribution >= 0.6 is 0 Å². The molecule has 1 aliphatic rings.